The van der Waals surface area contributed by atoms with Gasteiger partial charge in [-0.25, -0.2) is 5.43 Å². The number of hydrazone groups is 1. The molecular weight excluding hydrogens is 320 g/mol. The minimum atomic E-state index is -0.758. The lowest BCUT2D eigenvalue weighted by Crippen LogP contribution is -2.44. The van der Waals surface area contributed by atoms with Gasteiger partial charge in [-0.15, -0.1) is 0 Å². The SMILES string of the molecule is C/C(CC(=O)NCc1ccccc1)=N\NC(=O)C(=O)N1CCCCC1. The molecule has 3 amide bonds. The summed E-state index contributed by atoms with van der Waals surface area (Å²) >= 11 is 0. The van der Waals surface area contributed by atoms with Crippen molar-refractivity contribution in [2.75, 3.05) is 13.1 Å². The van der Waals surface area contributed by atoms with Gasteiger partial charge in [0.1, 0.15) is 0 Å². The molecule has 1 heterocycles. The van der Waals surface area contributed by atoms with Gasteiger partial charge in [0.25, 0.3) is 0 Å². The van der Waals surface area contributed by atoms with Crippen LogP contribution < -0.4 is 10.7 Å². The average Bonchev–Trinajstić information content (AvgIpc) is 2.65. The van der Waals surface area contributed by atoms with Crippen LogP contribution in [0.5, 0.6) is 0 Å². The predicted octanol–water partition coefficient (Wildman–Crippen LogP) is 1.20. The number of likely N-dealkylation sites (tertiary alicyclic amines) is 1. The smallest absolute Gasteiger partial charge is 0.329 e. The van der Waals surface area contributed by atoms with E-state index in [2.05, 4.69) is 15.8 Å². The van der Waals surface area contributed by atoms with E-state index < -0.39 is 11.8 Å². The second-order valence-electron chi connectivity index (χ2n) is 6.08. The minimum absolute atomic E-state index is 0.0605. The van der Waals surface area contributed by atoms with Gasteiger partial charge >= 0.3 is 11.8 Å². The Morgan fingerprint density at radius 2 is 1.76 bits per heavy atom. The summed E-state index contributed by atoms with van der Waals surface area (Å²) in [5.74, 6) is -1.52. The lowest BCUT2D eigenvalue weighted by molar-refractivity contribution is -0.146. The van der Waals surface area contributed by atoms with Crippen LogP contribution in [0.1, 0.15) is 38.2 Å². The van der Waals surface area contributed by atoms with E-state index in [0.29, 0.717) is 25.3 Å². The van der Waals surface area contributed by atoms with E-state index in [4.69, 9.17) is 0 Å². The van der Waals surface area contributed by atoms with Crippen LogP contribution in [0.15, 0.2) is 35.4 Å². The zero-order valence-corrected chi connectivity index (χ0v) is 14.5. The molecule has 0 atom stereocenters. The Morgan fingerprint density at radius 3 is 2.44 bits per heavy atom. The third kappa shape index (κ3) is 6.37. The Kier molecular flexibility index (Phi) is 7.13. The van der Waals surface area contributed by atoms with Crippen molar-refractivity contribution in [3.8, 4) is 0 Å². The molecule has 7 heteroatoms. The number of amides is 3. The summed E-state index contributed by atoms with van der Waals surface area (Å²) in [7, 11) is 0. The summed E-state index contributed by atoms with van der Waals surface area (Å²) in [4.78, 5) is 37.2. The Balaban J connectivity index is 1.73. The van der Waals surface area contributed by atoms with E-state index in [1.807, 2.05) is 30.3 Å². The van der Waals surface area contributed by atoms with Crippen molar-refractivity contribution in [1.29, 1.82) is 0 Å². The fraction of sp³-hybridized carbons (Fsp3) is 0.444. The zero-order valence-electron chi connectivity index (χ0n) is 14.5. The van der Waals surface area contributed by atoms with E-state index in [9.17, 15) is 14.4 Å². The third-order valence-electron chi connectivity index (χ3n) is 3.93. The predicted molar refractivity (Wildman–Crippen MR) is 94.6 cm³/mol. The Hall–Kier alpha value is -2.70. The maximum absolute atomic E-state index is 12.0. The lowest BCUT2D eigenvalue weighted by Gasteiger charge is -2.25. The highest BCUT2D eigenvalue weighted by Crippen LogP contribution is 2.08. The molecule has 1 aromatic rings. The number of hydrogen-bond acceptors (Lipinski definition) is 4. The first kappa shape index (κ1) is 18.6. The molecule has 1 aliphatic heterocycles. The molecule has 1 saturated heterocycles. The Labute approximate surface area is 147 Å². The summed E-state index contributed by atoms with van der Waals surface area (Å²) < 4.78 is 0. The number of nitrogens with one attached hydrogen (secondary N) is 2. The molecule has 1 aromatic carbocycles. The molecular formula is C18H24N4O3. The quantitative estimate of drug-likeness (QED) is 0.478. The van der Waals surface area contributed by atoms with Crippen molar-refractivity contribution in [1.82, 2.24) is 15.6 Å². The molecule has 25 heavy (non-hydrogen) atoms. The maximum Gasteiger partial charge on any atom is 0.329 e. The highest BCUT2D eigenvalue weighted by Gasteiger charge is 2.23. The highest BCUT2D eigenvalue weighted by molar-refractivity contribution is 6.35. The van der Waals surface area contributed by atoms with Crippen molar-refractivity contribution in [2.45, 2.75) is 39.2 Å². The number of carbonyl (C=O) groups is 3. The largest absolute Gasteiger partial charge is 0.352 e. The van der Waals surface area contributed by atoms with Crippen molar-refractivity contribution in [2.24, 2.45) is 5.10 Å². The van der Waals surface area contributed by atoms with Crippen LogP contribution in [0, 0.1) is 0 Å². The highest BCUT2D eigenvalue weighted by atomic mass is 16.2. The average molecular weight is 344 g/mol. The standard InChI is InChI=1S/C18H24N4O3/c1-14(12-16(23)19-13-15-8-4-2-5-9-15)20-21-17(24)18(25)22-10-6-3-7-11-22/h2,4-5,8-9H,3,6-7,10-13H2,1H3,(H,19,23)(H,21,24)/b20-14+. The van der Waals surface area contributed by atoms with Crippen LogP contribution in [-0.4, -0.2) is 41.4 Å². The molecule has 2 N–H and O–H groups in total. The maximum atomic E-state index is 12.0. The summed E-state index contributed by atoms with van der Waals surface area (Å²) in [6, 6.07) is 9.57. The number of nitrogens with zero attached hydrogens (tertiary/aromatic N) is 2. The second-order valence-corrected chi connectivity index (χ2v) is 6.08. The summed E-state index contributed by atoms with van der Waals surface area (Å²) in [5.41, 5.74) is 3.68. The van der Waals surface area contributed by atoms with Crippen molar-refractivity contribution < 1.29 is 14.4 Å². The van der Waals surface area contributed by atoms with Crippen molar-refractivity contribution >= 4 is 23.4 Å². The van der Waals surface area contributed by atoms with Crippen LogP contribution in [0.25, 0.3) is 0 Å². The van der Waals surface area contributed by atoms with Gasteiger partial charge in [0.15, 0.2) is 0 Å². The number of hydrogen-bond donors (Lipinski definition) is 2. The minimum Gasteiger partial charge on any atom is -0.352 e. The molecule has 1 aliphatic rings. The van der Waals surface area contributed by atoms with Gasteiger partial charge in [-0.2, -0.15) is 5.10 Å². The zero-order chi connectivity index (χ0) is 18.1. The number of carbonyl (C=O) groups excluding carboxylic acids is 3. The molecule has 0 aliphatic carbocycles. The molecule has 1 fully saturated rings. The molecule has 134 valence electrons. The van der Waals surface area contributed by atoms with Gasteiger partial charge in [0.2, 0.25) is 5.91 Å². The normalized spacial score (nSPS) is 14.8. The fourth-order valence-electron chi connectivity index (χ4n) is 2.57. The number of benzene rings is 1. The van der Waals surface area contributed by atoms with Gasteiger partial charge < -0.3 is 10.2 Å². The molecule has 0 bridgehead atoms. The summed E-state index contributed by atoms with van der Waals surface area (Å²) in [5, 5.41) is 6.63. The Bertz CT molecular complexity index is 637. The molecule has 0 radical (unpaired) electrons. The first-order chi connectivity index (χ1) is 12.1. The summed E-state index contributed by atoms with van der Waals surface area (Å²) in [6.45, 7) is 3.29. The Morgan fingerprint density at radius 1 is 1.08 bits per heavy atom. The van der Waals surface area contributed by atoms with Crippen LogP contribution in [0.4, 0.5) is 0 Å². The van der Waals surface area contributed by atoms with Gasteiger partial charge in [-0.3, -0.25) is 14.4 Å². The molecule has 0 unspecified atom stereocenters. The fourth-order valence-corrected chi connectivity index (χ4v) is 2.57. The van der Waals surface area contributed by atoms with E-state index in [0.717, 1.165) is 24.8 Å². The van der Waals surface area contributed by atoms with Gasteiger partial charge in [-0.1, -0.05) is 30.3 Å². The first-order valence-electron chi connectivity index (χ1n) is 8.49. The van der Waals surface area contributed by atoms with Crippen LogP contribution in [0.2, 0.25) is 0 Å². The van der Waals surface area contributed by atoms with Crippen LogP contribution >= 0.6 is 0 Å². The van der Waals surface area contributed by atoms with Crippen molar-refractivity contribution in [3.63, 3.8) is 0 Å². The lowest BCUT2D eigenvalue weighted by atomic mass is 10.1. The second kappa shape index (κ2) is 9.56. The van der Waals surface area contributed by atoms with Gasteiger partial charge in [0.05, 0.1) is 6.42 Å². The van der Waals surface area contributed by atoms with Crippen molar-refractivity contribution in [3.05, 3.63) is 35.9 Å². The topological polar surface area (TPSA) is 90.9 Å². The number of rotatable bonds is 5. The van der Waals surface area contributed by atoms with Gasteiger partial charge in [0, 0.05) is 25.3 Å². The van der Waals surface area contributed by atoms with E-state index in [1.54, 1.807) is 6.92 Å². The first-order valence-corrected chi connectivity index (χ1v) is 8.49. The summed E-state index contributed by atoms with van der Waals surface area (Å²) in [6.07, 6.45) is 2.98. The monoisotopic (exact) mass is 344 g/mol. The van der Waals surface area contributed by atoms with E-state index in [1.165, 1.54) is 4.90 Å². The third-order valence-corrected chi connectivity index (χ3v) is 3.93. The molecule has 0 saturated carbocycles. The van der Waals surface area contributed by atoms with E-state index in [-0.39, 0.29) is 12.3 Å². The number of piperidine rings is 1. The van der Waals surface area contributed by atoms with Crippen LogP contribution in [-0.2, 0) is 20.9 Å². The van der Waals surface area contributed by atoms with E-state index >= 15 is 0 Å². The molecule has 0 aromatic heterocycles. The molecule has 2 rings (SSSR count). The molecule has 7 nitrogen and oxygen atoms in total. The molecule has 0 spiro atoms. The van der Waals surface area contributed by atoms with Crippen LogP contribution in [0.3, 0.4) is 0 Å². The van der Waals surface area contributed by atoms with Gasteiger partial charge in [-0.05, 0) is 31.7 Å².